The summed E-state index contributed by atoms with van der Waals surface area (Å²) >= 11 is 6.34. The third kappa shape index (κ3) is 5.06. The second-order valence-corrected chi connectivity index (χ2v) is 10.4. The van der Waals surface area contributed by atoms with E-state index in [1.54, 1.807) is 18.3 Å². The van der Waals surface area contributed by atoms with Gasteiger partial charge in [-0.2, -0.15) is 4.98 Å². The second kappa shape index (κ2) is 8.94. The number of pyridine rings is 1. The smallest absolute Gasteiger partial charge is 0.228 e. The van der Waals surface area contributed by atoms with Crippen molar-refractivity contribution < 1.29 is 8.42 Å². The number of rotatable bonds is 6. The fourth-order valence-corrected chi connectivity index (χ4v) is 5.32. The summed E-state index contributed by atoms with van der Waals surface area (Å²) in [5.74, 6) is 0.759. The Bertz CT molecular complexity index is 1180. The molecule has 1 saturated heterocycles. The molecule has 0 saturated carbocycles. The van der Waals surface area contributed by atoms with E-state index in [1.807, 2.05) is 18.2 Å². The Morgan fingerprint density at radius 1 is 1.10 bits per heavy atom. The summed E-state index contributed by atoms with van der Waals surface area (Å²) in [6.45, 7) is 3.47. The number of hydrogen-bond acceptors (Lipinski definition) is 8. The van der Waals surface area contributed by atoms with Gasteiger partial charge in [0.15, 0.2) is 9.84 Å². The van der Waals surface area contributed by atoms with Gasteiger partial charge in [-0.15, -0.1) is 0 Å². The number of halogens is 1. The van der Waals surface area contributed by atoms with Gasteiger partial charge in [-0.05, 0) is 19.0 Å². The van der Waals surface area contributed by atoms with Gasteiger partial charge in [0.25, 0.3) is 0 Å². The number of nitrogens with two attached hydrogens (primary N) is 1. The monoisotopic (exact) mass is 460 g/mol. The Labute approximate surface area is 187 Å². The molecule has 3 aromatic rings. The minimum absolute atomic E-state index is 0.0246. The molecule has 164 valence electrons. The molecule has 1 fully saturated rings. The van der Waals surface area contributed by atoms with E-state index in [2.05, 4.69) is 31.8 Å². The van der Waals surface area contributed by atoms with Gasteiger partial charge in [-0.3, -0.25) is 0 Å². The summed E-state index contributed by atoms with van der Waals surface area (Å²) in [4.78, 5) is 17.7. The zero-order valence-electron chi connectivity index (χ0n) is 17.3. The summed E-state index contributed by atoms with van der Waals surface area (Å²) in [5.41, 5.74) is 8.19. The number of anilines is 2. The molecule has 1 aliphatic heterocycles. The van der Waals surface area contributed by atoms with Gasteiger partial charge in [-0.1, -0.05) is 41.9 Å². The first kappa shape index (κ1) is 21.7. The van der Waals surface area contributed by atoms with Gasteiger partial charge >= 0.3 is 0 Å². The van der Waals surface area contributed by atoms with Crippen molar-refractivity contribution >= 4 is 44.1 Å². The number of hydrogen-bond donors (Lipinski definition) is 1. The molecule has 3 heterocycles. The average molecular weight is 461 g/mol. The summed E-state index contributed by atoms with van der Waals surface area (Å²) in [6, 6.07) is 9.11. The van der Waals surface area contributed by atoms with E-state index in [9.17, 15) is 8.42 Å². The van der Waals surface area contributed by atoms with Crippen LogP contribution in [0.4, 0.5) is 11.8 Å². The lowest BCUT2D eigenvalue weighted by Crippen LogP contribution is -2.45. The van der Waals surface area contributed by atoms with Crippen molar-refractivity contribution in [2.24, 2.45) is 0 Å². The van der Waals surface area contributed by atoms with Crippen LogP contribution in [0.3, 0.4) is 0 Å². The number of sulfone groups is 1. The molecule has 4 rings (SSSR count). The fraction of sp³-hybridized carbons (Fsp3) is 0.381. The first-order valence-corrected chi connectivity index (χ1v) is 12.3. The van der Waals surface area contributed by atoms with E-state index >= 15 is 0 Å². The van der Waals surface area contributed by atoms with Crippen LogP contribution in [-0.2, 0) is 22.0 Å². The van der Waals surface area contributed by atoms with E-state index in [0.29, 0.717) is 28.2 Å². The Kier molecular flexibility index (Phi) is 6.27. The van der Waals surface area contributed by atoms with Crippen LogP contribution in [0.15, 0.2) is 36.5 Å². The number of aryl methyl sites for hydroxylation is 1. The molecule has 0 radical (unpaired) electrons. The lowest BCUT2D eigenvalue weighted by molar-refractivity contribution is 0.311. The molecule has 0 unspecified atom stereocenters. The van der Waals surface area contributed by atoms with E-state index in [4.69, 9.17) is 17.3 Å². The van der Waals surface area contributed by atoms with Crippen LogP contribution in [0.2, 0.25) is 5.15 Å². The van der Waals surface area contributed by atoms with Gasteiger partial charge in [0.2, 0.25) is 5.95 Å². The Hall–Kier alpha value is -2.49. The molecule has 0 aliphatic carbocycles. The number of benzene rings is 1. The van der Waals surface area contributed by atoms with Crippen LogP contribution in [0.1, 0.15) is 11.1 Å². The molecule has 2 aromatic heterocycles. The fourth-order valence-electron chi connectivity index (χ4n) is 3.72. The number of nitrogen functional groups attached to an aromatic ring is 1. The van der Waals surface area contributed by atoms with E-state index < -0.39 is 9.84 Å². The summed E-state index contributed by atoms with van der Waals surface area (Å²) < 4.78 is 25.3. The quantitative estimate of drug-likeness (QED) is 0.558. The molecular weight excluding hydrogens is 436 g/mol. The van der Waals surface area contributed by atoms with Crippen LogP contribution in [-0.4, -0.2) is 67.2 Å². The van der Waals surface area contributed by atoms with Crippen molar-refractivity contribution in [1.29, 1.82) is 0 Å². The van der Waals surface area contributed by atoms with E-state index in [-0.39, 0.29) is 23.1 Å². The summed E-state index contributed by atoms with van der Waals surface area (Å²) in [7, 11) is -1.26. The molecule has 1 aliphatic rings. The molecule has 10 heteroatoms. The zero-order valence-corrected chi connectivity index (χ0v) is 18.9. The van der Waals surface area contributed by atoms with Crippen molar-refractivity contribution in [2.45, 2.75) is 12.2 Å². The first-order chi connectivity index (χ1) is 14.8. The van der Waals surface area contributed by atoms with Crippen molar-refractivity contribution in [3.63, 3.8) is 0 Å². The van der Waals surface area contributed by atoms with Crippen molar-refractivity contribution in [3.8, 4) is 0 Å². The third-order valence-corrected chi connectivity index (χ3v) is 7.41. The predicted octanol–water partition coefficient (Wildman–Crippen LogP) is 2.17. The Morgan fingerprint density at radius 2 is 1.81 bits per heavy atom. The largest absolute Gasteiger partial charge is 0.383 e. The normalized spacial score (nSPS) is 15.5. The van der Waals surface area contributed by atoms with Crippen LogP contribution in [0.25, 0.3) is 10.9 Å². The van der Waals surface area contributed by atoms with E-state index in [0.717, 1.165) is 31.7 Å². The molecular formula is C21H25ClN6O2S. The standard InChI is InChI=1S/C21H25ClN6O2S/c1-27-8-10-28(11-9-27)21-25-17-13-24-19(22)16(18(17)20(23)26-21)7-12-31(29,30)14-15-5-3-2-4-6-15/h2-6,13H,7-12,14H2,1H3,(H2,23,25,26). The Morgan fingerprint density at radius 3 is 2.52 bits per heavy atom. The Balaban J connectivity index is 1.59. The zero-order chi connectivity index (χ0) is 22.0. The summed E-state index contributed by atoms with van der Waals surface area (Å²) in [6.07, 6.45) is 1.76. The van der Waals surface area contributed by atoms with Gasteiger partial charge in [-0.25, -0.2) is 18.4 Å². The highest BCUT2D eigenvalue weighted by molar-refractivity contribution is 7.90. The molecule has 31 heavy (non-hydrogen) atoms. The minimum Gasteiger partial charge on any atom is -0.383 e. The summed E-state index contributed by atoms with van der Waals surface area (Å²) in [5, 5.41) is 0.804. The minimum atomic E-state index is -3.34. The van der Waals surface area contributed by atoms with Crippen LogP contribution < -0.4 is 10.6 Å². The number of likely N-dealkylation sites (N-methyl/N-ethyl adjacent to an activating group) is 1. The maximum atomic E-state index is 12.7. The maximum Gasteiger partial charge on any atom is 0.228 e. The lowest BCUT2D eigenvalue weighted by Gasteiger charge is -2.32. The maximum absolute atomic E-state index is 12.7. The molecule has 0 amide bonds. The molecule has 0 atom stereocenters. The van der Waals surface area contributed by atoms with Crippen molar-refractivity contribution in [2.75, 3.05) is 49.6 Å². The predicted molar refractivity (Wildman–Crippen MR) is 124 cm³/mol. The van der Waals surface area contributed by atoms with Gasteiger partial charge in [0.1, 0.15) is 11.0 Å². The number of fused-ring (bicyclic) bond motifs is 1. The topological polar surface area (TPSA) is 105 Å². The number of nitrogens with zero attached hydrogens (tertiary/aromatic N) is 5. The van der Waals surface area contributed by atoms with Crippen LogP contribution >= 0.6 is 11.6 Å². The molecule has 0 spiro atoms. The van der Waals surface area contributed by atoms with Crippen LogP contribution in [0.5, 0.6) is 0 Å². The van der Waals surface area contributed by atoms with Crippen LogP contribution in [0, 0.1) is 0 Å². The number of aromatic nitrogens is 3. The van der Waals surface area contributed by atoms with E-state index in [1.165, 1.54) is 0 Å². The van der Waals surface area contributed by atoms with Gasteiger partial charge < -0.3 is 15.5 Å². The third-order valence-electron chi connectivity index (χ3n) is 5.48. The highest BCUT2D eigenvalue weighted by atomic mass is 35.5. The highest BCUT2D eigenvalue weighted by Gasteiger charge is 2.21. The molecule has 8 nitrogen and oxygen atoms in total. The number of piperazine rings is 1. The van der Waals surface area contributed by atoms with Crippen molar-refractivity contribution in [1.82, 2.24) is 19.9 Å². The average Bonchev–Trinajstić information content (AvgIpc) is 2.74. The molecule has 2 N–H and O–H groups in total. The van der Waals surface area contributed by atoms with Gasteiger partial charge in [0, 0.05) is 31.7 Å². The SMILES string of the molecule is CN1CCN(c2nc(N)c3c(CCS(=O)(=O)Cc4ccccc4)c(Cl)ncc3n2)CC1. The highest BCUT2D eigenvalue weighted by Crippen LogP contribution is 2.29. The first-order valence-electron chi connectivity index (χ1n) is 10.1. The second-order valence-electron chi connectivity index (χ2n) is 7.81. The molecule has 1 aromatic carbocycles. The van der Waals surface area contributed by atoms with Crippen molar-refractivity contribution in [3.05, 3.63) is 52.8 Å². The van der Waals surface area contributed by atoms with Gasteiger partial charge in [0.05, 0.1) is 28.6 Å². The lowest BCUT2D eigenvalue weighted by atomic mass is 10.1. The molecule has 0 bridgehead atoms.